The summed E-state index contributed by atoms with van der Waals surface area (Å²) in [6.07, 6.45) is 11.2. The first kappa shape index (κ1) is 25.5. The van der Waals surface area contributed by atoms with E-state index in [1.807, 2.05) is 97.1 Å². The first-order valence-corrected chi connectivity index (χ1v) is 12.2. The average Bonchev–Trinajstić information content (AvgIpc) is 3.55. The Bertz CT molecular complexity index is 1640. The zero-order valence-corrected chi connectivity index (χ0v) is 20.7. The Morgan fingerprint density at radius 2 is 1.24 bits per heavy atom. The second-order valence-corrected chi connectivity index (χ2v) is 8.59. The molecule has 0 saturated heterocycles. The van der Waals surface area contributed by atoms with E-state index >= 15 is 0 Å². The number of rotatable bonds is 3. The van der Waals surface area contributed by atoms with E-state index in [2.05, 4.69) is 29.3 Å². The van der Waals surface area contributed by atoms with E-state index in [0.29, 0.717) is 0 Å². The van der Waals surface area contributed by atoms with Gasteiger partial charge in [0.25, 0.3) is 0 Å². The molecule has 0 N–H and O–H groups in total. The molecule has 0 fully saturated rings. The standard InChI is InChI=1S/C12H11N4.C11H8N4.CH4O4S/c1-15-8-5-10(6-9-15)12-13-11-4-2-3-7-16(11)14-12;1-2-8-15-10(3-1)13-11(14-15)9-4-6-12-7-5-9;1-5-6(2,3)4/h2-9H,1H3;1-8H;1H3,(H,2,3,4)/q+1;;/p-1. The van der Waals surface area contributed by atoms with E-state index in [1.54, 1.807) is 21.4 Å². The topological polar surface area (TPSA) is 144 Å². The lowest BCUT2D eigenvalue weighted by atomic mass is 10.2. The molecule has 0 bridgehead atoms. The van der Waals surface area contributed by atoms with Crippen LogP contribution in [0.5, 0.6) is 0 Å². The maximum Gasteiger partial charge on any atom is 0.217 e. The second-order valence-electron chi connectivity index (χ2n) is 7.44. The van der Waals surface area contributed by atoms with Crippen molar-refractivity contribution in [2.24, 2.45) is 7.05 Å². The fourth-order valence-corrected chi connectivity index (χ4v) is 3.06. The van der Waals surface area contributed by atoms with Gasteiger partial charge in [-0.1, -0.05) is 12.1 Å². The van der Waals surface area contributed by atoms with Gasteiger partial charge in [0.05, 0.1) is 7.11 Å². The fourth-order valence-electron chi connectivity index (χ4n) is 3.06. The number of aromatic nitrogens is 8. The number of fused-ring (bicyclic) bond motifs is 2. The molecule has 13 heteroatoms. The van der Waals surface area contributed by atoms with Crippen molar-refractivity contribution in [1.29, 1.82) is 0 Å². The molecule has 0 aliphatic rings. The van der Waals surface area contributed by atoms with Crippen LogP contribution < -0.4 is 4.57 Å². The van der Waals surface area contributed by atoms with E-state index in [9.17, 15) is 13.0 Å². The Morgan fingerprint density at radius 3 is 1.68 bits per heavy atom. The molecule has 0 spiro atoms. The number of nitrogens with zero attached hydrogens (tertiary/aromatic N) is 8. The largest absolute Gasteiger partial charge is 0.726 e. The van der Waals surface area contributed by atoms with Crippen molar-refractivity contribution in [3.8, 4) is 22.8 Å². The highest BCUT2D eigenvalue weighted by Gasteiger charge is 2.06. The Morgan fingerprint density at radius 1 is 0.784 bits per heavy atom. The van der Waals surface area contributed by atoms with Crippen LogP contribution in [0.4, 0.5) is 0 Å². The van der Waals surface area contributed by atoms with Crippen LogP contribution in [-0.4, -0.2) is 54.3 Å². The SMILES string of the molecule is COS(=O)(=O)[O-].C[n+]1ccc(-c2nc3ccccn3n2)cc1.c1ccn2nc(-c3ccncc3)nc2c1. The highest BCUT2D eigenvalue weighted by Crippen LogP contribution is 2.15. The van der Waals surface area contributed by atoms with Gasteiger partial charge >= 0.3 is 0 Å². The van der Waals surface area contributed by atoms with Crippen LogP contribution in [0.2, 0.25) is 0 Å². The minimum Gasteiger partial charge on any atom is -0.726 e. The molecule has 6 rings (SSSR count). The number of hydrogen-bond donors (Lipinski definition) is 0. The maximum atomic E-state index is 9.22. The van der Waals surface area contributed by atoms with E-state index in [0.717, 1.165) is 41.2 Å². The highest BCUT2D eigenvalue weighted by molar-refractivity contribution is 7.80. The normalized spacial score (nSPS) is 10.9. The Labute approximate surface area is 212 Å². The second kappa shape index (κ2) is 11.4. The van der Waals surface area contributed by atoms with Gasteiger partial charge in [0, 0.05) is 48.0 Å². The number of hydrogen-bond acceptors (Lipinski definition) is 9. The molecule has 0 unspecified atom stereocenters. The molecule has 0 amide bonds. The van der Waals surface area contributed by atoms with Gasteiger partial charge in [0.2, 0.25) is 10.4 Å². The zero-order valence-electron chi connectivity index (χ0n) is 19.9. The molecule has 6 aromatic heterocycles. The third kappa shape index (κ3) is 6.98. The summed E-state index contributed by atoms with van der Waals surface area (Å²) in [7, 11) is -1.62. The van der Waals surface area contributed by atoms with E-state index < -0.39 is 10.4 Å². The van der Waals surface area contributed by atoms with Gasteiger partial charge in [-0.15, -0.1) is 10.2 Å². The molecular weight excluding hydrogens is 496 g/mol. The summed E-state index contributed by atoms with van der Waals surface area (Å²) in [6.45, 7) is 0. The molecule has 0 radical (unpaired) electrons. The Balaban J connectivity index is 0.000000143. The quantitative estimate of drug-likeness (QED) is 0.195. The van der Waals surface area contributed by atoms with Crippen molar-refractivity contribution in [1.82, 2.24) is 34.2 Å². The molecule has 0 aliphatic carbocycles. The summed E-state index contributed by atoms with van der Waals surface area (Å²) < 4.78 is 36.5. The molecule has 0 atom stereocenters. The molecule has 6 heterocycles. The molecule has 0 saturated carbocycles. The summed E-state index contributed by atoms with van der Waals surface area (Å²) in [5.41, 5.74) is 3.73. The van der Waals surface area contributed by atoms with Gasteiger partial charge in [-0.2, -0.15) is 0 Å². The third-order valence-electron chi connectivity index (χ3n) is 4.86. The Kier molecular flexibility index (Phi) is 7.88. The molecule has 0 aliphatic heterocycles. The minimum absolute atomic E-state index is 0.726. The van der Waals surface area contributed by atoms with E-state index in [1.165, 1.54) is 0 Å². The predicted octanol–water partition coefficient (Wildman–Crippen LogP) is 2.11. The van der Waals surface area contributed by atoms with E-state index in [-0.39, 0.29) is 0 Å². The van der Waals surface area contributed by atoms with Crippen LogP contribution in [0.15, 0.2) is 97.8 Å². The number of pyridine rings is 4. The van der Waals surface area contributed by atoms with Crippen LogP contribution in [0.3, 0.4) is 0 Å². The zero-order chi connectivity index (χ0) is 26.3. The maximum absolute atomic E-state index is 9.22. The van der Waals surface area contributed by atoms with Crippen molar-refractivity contribution >= 4 is 21.7 Å². The van der Waals surface area contributed by atoms with Crippen molar-refractivity contribution in [2.75, 3.05) is 7.11 Å². The summed E-state index contributed by atoms with van der Waals surface area (Å²) in [5, 5.41) is 8.77. The van der Waals surface area contributed by atoms with E-state index in [4.69, 9.17) is 0 Å². The third-order valence-corrected chi connectivity index (χ3v) is 5.27. The van der Waals surface area contributed by atoms with Crippen LogP contribution in [0.1, 0.15) is 0 Å². The van der Waals surface area contributed by atoms with Crippen molar-refractivity contribution in [3.05, 3.63) is 97.8 Å². The van der Waals surface area contributed by atoms with Crippen molar-refractivity contribution < 1.29 is 21.7 Å². The van der Waals surface area contributed by atoms with Gasteiger partial charge in [-0.25, -0.2) is 32.0 Å². The smallest absolute Gasteiger partial charge is 0.217 e. The van der Waals surface area contributed by atoms with Crippen LogP contribution in [-0.2, 0) is 21.6 Å². The number of aryl methyl sites for hydroxylation is 1. The van der Waals surface area contributed by atoms with Gasteiger partial charge in [-0.05, 0) is 36.4 Å². The summed E-state index contributed by atoms with van der Waals surface area (Å²) in [6, 6.07) is 19.5. The van der Waals surface area contributed by atoms with Crippen LogP contribution in [0.25, 0.3) is 34.1 Å². The summed E-state index contributed by atoms with van der Waals surface area (Å²) in [5.74, 6) is 1.48. The minimum atomic E-state index is -4.41. The van der Waals surface area contributed by atoms with Gasteiger partial charge in [-0.3, -0.25) is 9.17 Å². The molecule has 188 valence electrons. The fraction of sp³-hybridized carbons (Fsp3) is 0.0833. The first-order valence-electron chi connectivity index (χ1n) is 10.8. The van der Waals surface area contributed by atoms with Crippen molar-refractivity contribution in [3.63, 3.8) is 0 Å². The Hall–Kier alpha value is -4.59. The molecule has 6 aromatic rings. The predicted molar refractivity (Wildman–Crippen MR) is 133 cm³/mol. The molecular formula is C24H22N8O4S. The molecule has 12 nitrogen and oxygen atoms in total. The summed E-state index contributed by atoms with van der Waals surface area (Å²) in [4.78, 5) is 12.8. The van der Waals surface area contributed by atoms with Crippen molar-refractivity contribution in [2.45, 2.75) is 0 Å². The lowest BCUT2D eigenvalue weighted by Crippen LogP contribution is -2.25. The average molecular weight is 519 g/mol. The van der Waals surface area contributed by atoms with Gasteiger partial charge < -0.3 is 4.55 Å². The monoisotopic (exact) mass is 518 g/mol. The lowest BCUT2D eigenvalue weighted by molar-refractivity contribution is -0.671. The van der Waals surface area contributed by atoms with Gasteiger partial charge in [0.15, 0.2) is 35.3 Å². The van der Waals surface area contributed by atoms with Gasteiger partial charge in [0.1, 0.15) is 7.05 Å². The molecule has 37 heavy (non-hydrogen) atoms. The van der Waals surface area contributed by atoms with Crippen LogP contribution in [0, 0.1) is 0 Å². The highest BCUT2D eigenvalue weighted by atomic mass is 32.3. The van der Waals surface area contributed by atoms with Crippen LogP contribution >= 0.6 is 0 Å². The first-order chi connectivity index (χ1) is 17.8. The molecule has 0 aromatic carbocycles. The lowest BCUT2D eigenvalue weighted by Gasteiger charge is -1.98. The summed E-state index contributed by atoms with van der Waals surface area (Å²) >= 11 is 0.